The molecule has 0 saturated heterocycles. The van der Waals surface area contributed by atoms with Gasteiger partial charge in [-0.3, -0.25) is 14.4 Å². The molecule has 8 nitrogen and oxygen atoms in total. The first-order valence-corrected chi connectivity index (χ1v) is 8.48. The highest BCUT2D eigenvalue weighted by molar-refractivity contribution is 6.01. The molecule has 1 heterocycles. The minimum absolute atomic E-state index is 0.0542. The zero-order chi connectivity index (χ0) is 19.3. The van der Waals surface area contributed by atoms with Crippen molar-refractivity contribution in [2.75, 3.05) is 20.2 Å². The summed E-state index contributed by atoms with van der Waals surface area (Å²) in [6, 6.07) is 3.96. The monoisotopic (exact) mass is 361 g/mol. The molecule has 1 aromatic carbocycles. The summed E-state index contributed by atoms with van der Waals surface area (Å²) in [5.74, 6) is -1.41. The molecule has 0 fully saturated rings. The lowest BCUT2D eigenvalue weighted by Gasteiger charge is -2.23. The van der Waals surface area contributed by atoms with Crippen LogP contribution < -0.4 is 10.6 Å². The lowest BCUT2D eigenvalue weighted by atomic mass is 10.1. The number of methoxy groups -OCH3 is 1. The Morgan fingerprint density at radius 1 is 1.27 bits per heavy atom. The summed E-state index contributed by atoms with van der Waals surface area (Å²) < 4.78 is 4.67. The number of hydrogen-bond acceptors (Lipinski definition) is 5. The van der Waals surface area contributed by atoms with Crippen LogP contribution in [0.1, 0.15) is 46.5 Å². The zero-order valence-corrected chi connectivity index (χ0v) is 15.1. The van der Waals surface area contributed by atoms with Gasteiger partial charge in [0, 0.05) is 25.1 Å². The number of carbonyl (C=O) groups is 4. The number of hydrogen-bond donors (Lipinski definition) is 2. The molecule has 0 radical (unpaired) electrons. The van der Waals surface area contributed by atoms with E-state index in [1.54, 1.807) is 26.0 Å². The number of amides is 3. The van der Waals surface area contributed by atoms with Crippen LogP contribution in [-0.4, -0.2) is 54.8 Å². The second-order valence-electron chi connectivity index (χ2n) is 5.92. The molecule has 0 bridgehead atoms. The molecule has 0 spiro atoms. The number of fused-ring (bicyclic) bond motifs is 1. The summed E-state index contributed by atoms with van der Waals surface area (Å²) in [5, 5.41) is 5.31. The topological polar surface area (TPSA) is 105 Å². The van der Waals surface area contributed by atoms with Gasteiger partial charge in [0.1, 0.15) is 6.04 Å². The predicted octanol–water partition coefficient (Wildman–Crippen LogP) is 0.460. The molecule has 140 valence electrons. The van der Waals surface area contributed by atoms with Gasteiger partial charge in [0.2, 0.25) is 11.8 Å². The SMILES string of the molecule is CCNC(=O)[C@H](CN1Cc2ccc(C(=O)OC)cc2C1=O)NC(=O)CC. The molecular formula is C18H23N3O5. The highest BCUT2D eigenvalue weighted by atomic mass is 16.5. The van der Waals surface area contributed by atoms with Gasteiger partial charge in [-0.05, 0) is 24.6 Å². The van der Waals surface area contributed by atoms with E-state index in [0.717, 1.165) is 5.56 Å². The first-order chi connectivity index (χ1) is 12.4. The van der Waals surface area contributed by atoms with E-state index in [2.05, 4.69) is 15.4 Å². The predicted molar refractivity (Wildman–Crippen MR) is 93.4 cm³/mol. The third kappa shape index (κ3) is 4.19. The second-order valence-corrected chi connectivity index (χ2v) is 5.92. The van der Waals surface area contributed by atoms with E-state index in [1.165, 1.54) is 18.1 Å². The summed E-state index contributed by atoms with van der Waals surface area (Å²) in [6.45, 7) is 4.26. The third-order valence-corrected chi connectivity index (χ3v) is 4.14. The van der Waals surface area contributed by atoms with Gasteiger partial charge >= 0.3 is 5.97 Å². The van der Waals surface area contributed by atoms with Gasteiger partial charge < -0.3 is 20.3 Å². The number of nitrogens with one attached hydrogen (secondary N) is 2. The van der Waals surface area contributed by atoms with E-state index in [1.807, 2.05) is 0 Å². The van der Waals surface area contributed by atoms with Gasteiger partial charge in [0.25, 0.3) is 5.91 Å². The van der Waals surface area contributed by atoms with Crippen LogP contribution in [0, 0.1) is 0 Å². The Kier molecular flexibility index (Phi) is 6.32. The fourth-order valence-electron chi connectivity index (χ4n) is 2.76. The molecule has 3 amide bonds. The Hall–Kier alpha value is -2.90. The van der Waals surface area contributed by atoms with Crippen molar-refractivity contribution in [3.05, 3.63) is 34.9 Å². The molecule has 8 heteroatoms. The fourth-order valence-corrected chi connectivity index (χ4v) is 2.76. The highest BCUT2D eigenvalue weighted by Gasteiger charge is 2.32. The number of benzene rings is 1. The molecule has 2 rings (SSSR count). The van der Waals surface area contributed by atoms with Crippen molar-refractivity contribution in [3.8, 4) is 0 Å². The van der Waals surface area contributed by atoms with Gasteiger partial charge in [-0.25, -0.2) is 4.79 Å². The Morgan fingerprint density at radius 2 is 2.00 bits per heavy atom. The number of ether oxygens (including phenoxy) is 1. The van der Waals surface area contributed by atoms with E-state index in [9.17, 15) is 19.2 Å². The minimum atomic E-state index is -0.833. The van der Waals surface area contributed by atoms with Crippen LogP contribution in [0.3, 0.4) is 0 Å². The van der Waals surface area contributed by atoms with E-state index in [-0.39, 0.29) is 30.7 Å². The van der Waals surface area contributed by atoms with Gasteiger partial charge in [-0.15, -0.1) is 0 Å². The summed E-state index contributed by atoms with van der Waals surface area (Å²) >= 11 is 0. The van der Waals surface area contributed by atoms with Crippen molar-refractivity contribution in [2.45, 2.75) is 32.9 Å². The smallest absolute Gasteiger partial charge is 0.337 e. The maximum atomic E-state index is 12.7. The summed E-state index contributed by atoms with van der Waals surface area (Å²) in [4.78, 5) is 49.7. The van der Waals surface area contributed by atoms with Gasteiger partial charge in [-0.1, -0.05) is 13.0 Å². The van der Waals surface area contributed by atoms with Gasteiger partial charge in [0.15, 0.2) is 0 Å². The number of carbonyl (C=O) groups excluding carboxylic acids is 4. The molecule has 0 aliphatic carbocycles. The van der Waals surface area contributed by atoms with Crippen molar-refractivity contribution in [3.63, 3.8) is 0 Å². The summed E-state index contributed by atoms with van der Waals surface area (Å²) in [7, 11) is 1.27. The maximum Gasteiger partial charge on any atom is 0.337 e. The lowest BCUT2D eigenvalue weighted by Crippen LogP contribution is -2.52. The Labute approximate surface area is 151 Å². The average Bonchev–Trinajstić information content (AvgIpc) is 2.95. The van der Waals surface area contributed by atoms with E-state index in [4.69, 9.17) is 0 Å². The highest BCUT2D eigenvalue weighted by Crippen LogP contribution is 2.24. The first-order valence-electron chi connectivity index (χ1n) is 8.48. The van der Waals surface area contributed by atoms with Gasteiger partial charge in [0.05, 0.1) is 19.2 Å². The lowest BCUT2D eigenvalue weighted by molar-refractivity contribution is -0.129. The number of esters is 1. The molecule has 26 heavy (non-hydrogen) atoms. The Morgan fingerprint density at radius 3 is 2.62 bits per heavy atom. The van der Waals surface area contributed by atoms with Crippen LogP contribution in [0.15, 0.2) is 18.2 Å². The van der Waals surface area contributed by atoms with Crippen LogP contribution in [0.25, 0.3) is 0 Å². The number of nitrogens with zero attached hydrogens (tertiary/aromatic N) is 1. The van der Waals surface area contributed by atoms with Crippen molar-refractivity contribution < 1.29 is 23.9 Å². The second kappa shape index (κ2) is 8.46. The molecule has 1 atom stereocenters. The standard InChI is InChI=1S/C18H23N3O5/c1-4-15(22)20-14(16(23)19-5-2)10-21-9-12-7-6-11(18(25)26-3)8-13(12)17(21)24/h6-8,14H,4-5,9-10H2,1-3H3,(H,19,23)(H,20,22)/t14-/m0/s1. The quantitative estimate of drug-likeness (QED) is 0.687. The van der Waals surface area contributed by atoms with Crippen LogP contribution in [-0.2, 0) is 20.9 Å². The van der Waals surface area contributed by atoms with Crippen molar-refractivity contribution in [2.24, 2.45) is 0 Å². The first kappa shape index (κ1) is 19.4. The molecule has 2 N–H and O–H groups in total. The largest absolute Gasteiger partial charge is 0.465 e. The number of rotatable bonds is 7. The molecular weight excluding hydrogens is 338 g/mol. The fraction of sp³-hybridized carbons (Fsp3) is 0.444. The molecule has 1 aliphatic heterocycles. The van der Waals surface area contributed by atoms with Gasteiger partial charge in [-0.2, -0.15) is 0 Å². The third-order valence-electron chi connectivity index (χ3n) is 4.14. The van der Waals surface area contributed by atoms with E-state index >= 15 is 0 Å². The summed E-state index contributed by atoms with van der Waals surface area (Å²) in [6.07, 6.45) is 0.243. The van der Waals surface area contributed by atoms with Crippen LogP contribution in [0.4, 0.5) is 0 Å². The Balaban J connectivity index is 2.17. The van der Waals surface area contributed by atoms with Crippen LogP contribution in [0.2, 0.25) is 0 Å². The van der Waals surface area contributed by atoms with Crippen molar-refractivity contribution in [1.29, 1.82) is 0 Å². The molecule has 1 aromatic rings. The summed E-state index contributed by atoms with van der Waals surface area (Å²) in [5.41, 5.74) is 1.46. The Bertz CT molecular complexity index is 732. The van der Waals surface area contributed by atoms with E-state index in [0.29, 0.717) is 24.2 Å². The average molecular weight is 361 g/mol. The maximum absolute atomic E-state index is 12.7. The van der Waals surface area contributed by atoms with E-state index < -0.39 is 12.0 Å². The van der Waals surface area contributed by atoms with Crippen molar-refractivity contribution >= 4 is 23.7 Å². The molecule has 0 saturated carbocycles. The zero-order valence-electron chi connectivity index (χ0n) is 15.1. The molecule has 1 aliphatic rings. The van der Waals surface area contributed by atoms with Crippen LogP contribution >= 0.6 is 0 Å². The molecule has 0 aromatic heterocycles. The van der Waals surface area contributed by atoms with Crippen molar-refractivity contribution in [1.82, 2.24) is 15.5 Å². The van der Waals surface area contributed by atoms with Crippen LogP contribution in [0.5, 0.6) is 0 Å². The normalized spacial score (nSPS) is 13.8. The minimum Gasteiger partial charge on any atom is -0.465 e. The molecule has 0 unspecified atom stereocenters. The number of likely N-dealkylation sites (N-methyl/N-ethyl adjacent to an activating group) is 1.